The van der Waals surface area contributed by atoms with Crippen molar-refractivity contribution in [3.05, 3.63) is 35.9 Å². The molecule has 0 spiro atoms. The molecule has 3 N–H and O–H groups in total. The van der Waals surface area contributed by atoms with E-state index in [2.05, 4.69) is 5.32 Å². The molecule has 1 aliphatic rings. The van der Waals surface area contributed by atoms with Gasteiger partial charge < -0.3 is 11.1 Å². The Morgan fingerprint density at radius 1 is 1.35 bits per heavy atom. The molecule has 0 radical (unpaired) electrons. The van der Waals surface area contributed by atoms with Crippen LogP contribution in [0, 0.1) is 5.92 Å². The first-order valence-corrected chi connectivity index (χ1v) is 6.24. The van der Waals surface area contributed by atoms with Crippen LogP contribution in [0.5, 0.6) is 0 Å². The fourth-order valence-corrected chi connectivity index (χ4v) is 2.09. The van der Waals surface area contributed by atoms with Crippen molar-refractivity contribution in [1.29, 1.82) is 0 Å². The second-order valence-electron chi connectivity index (χ2n) is 4.38. The molecule has 3 nitrogen and oxygen atoms in total. The third-order valence-corrected chi connectivity index (χ3v) is 3.42. The van der Waals surface area contributed by atoms with Crippen molar-refractivity contribution in [2.45, 2.75) is 25.3 Å². The van der Waals surface area contributed by atoms with Crippen molar-refractivity contribution < 1.29 is 4.79 Å². The van der Waals surface area contributed by atoms with E-state index < -0.39 is 0 Å². The molecule has 0 bridgehead atoms. The van der Waals surface area contributed by atoms with Gasteiger partial charge in [-0.15, -0.1) is 0 Å². The number of rotatable bonds is 4. The fourth-order valence-electron chi connectivity index (χ4n) is 1.89. The third-order valence-electron chi connectivity index (χ3n) is 3.18. The molecule has 0 saturated heterocycles. The largest absolute Gasteiger partial charge is 0.391 e. The van der Waals surface area contributed by atoms with Gasteiger partial charge in [-0.1, -0.05) is 49.0 Å². The predicted molar refractivity (Wildman–Crippen MR) is 71.5 cm³/mol. The zero-order valence-electron chi connectivity index (χ0n) is 9.56. The molecule has 1 unspecified atom stereocenters. The maximum absolute atomic E-state index is 11.9. The smallest absolute Gasteiger partial charge is 0.223 e. The molecule has 4 heteroatoms. The standard InChI is InChI=1S/C13H16N2OS/c14-12(17)11(9-5-2-1-3-6-9)15-13(16)10-7-4-8-10/h1-3,5-6,10-11H,4,7-8H2,(H2,14,17)(H,15,16). The zero-order chi connectivity index (χ0) is 12.3. The van der Waals surface area contributed by atoms with Gasteiger partial charge in [0.15, 0.2) is 0 Å². The molecule has 1 saturated carbocycles. The minimum Gasteiger partial charge on any atom is -0.391 e. The first-order valence-electron chi connectivity index (χ1n) is 5.83. The summed E-state index contributed by atoms with van der Waals surface area (Å²) >= 11 is 5.02. The summed E-state index contributed by atoms with van der Waals surface area (Å²) in [6.07, 6.45) is 3.09. The summed E-state index contributed by atoms with van der Waals surface area (Å²) in [5.41, 5.74) is 6.63. The first kappa shape index (κ1) is 12.0. The van der Waals surface area contributed by atoms with Crippen molar-refractivity contribution in [2.75, 3.05) is 0 Å². The number of nitrogens with two attached hydrogens (primary N) is 1. The Morgan fingerprint density at radius 2 is 2.00 bits per heavy atom. The molecule has 17 heavy (non-hydrogen) atoms. The molecule has 1 aromatic rings. The average Bonchev–Trinajstić information content (AvgIpc) is 2.24. The van der Waals surface area contributed by atoms with Crippen molar-refractivity contribution in [3.63, 3.8) is 0 Å². The minimum atomic E-state index is -0.348. The summed E-state index contributed by atoms with van der Waals surface area (Å²) in [6.45, 7) is 0. The zero-order valence-corrected chi connectivity index (χ0v) is 10.4. The quantitative estimate of drug-likeness (QED) is 0.801. The molecular weight excluding hydrogens is 232 g/mol. The van der Waals surface area contributed by atoms with E-state index >= 15 is 0 Å². The SMILES string of the molecule is NC(=S)C(NC(=O)C1CCC1)c1ccccc1. The maximum Gasteiger partial charge on any atom is 0.223 e. The maximum atomic E-state index is 11.9. The van der Waals surface area contributed by atoms with Gasteiger partial charge in [0.05, 0.1) is 0 Å². The number of carbonyl (C=O) groups is 1. The van der Waals surface area contributed by atoms with E-state index in [0.29, 0.717) is 4.99 Å². The van der Waals surface area contributed by atoms with Gasteiger partial charge in [0.1, 0.15) is 11.0 Å². The topological polar surface area (TPSA) is 55.1 Å². The Kier molecular flexibility index (Phi) is 3.74. The van der Waals surface area contributed by atoms with Gasteiger partial charge in [-0.05, 0) is 18.4 Å². The summed E-state index contributed by atoms with van der Waals surface area (Å²) in [6, 6.07) is 9.25. The van der Waals surface area contributed by atoms with E-state index in [1.807, 2.05) is 30.3 Å². The number of nitrogens with one attached hydrogen (secondary N) is 1. The van der Waals surface area contributed by atoms with E-state index in [1.54, 1.807) is 0 Å². The number of hydrogen-bond donors (Lipinski definition) is 2. The summed E-state index contributed by atoms with van der Waals surface area (Å²) in [5.74, 6) is 0.216. The van der Waals surface area contributed by atoms with Crippen LogP contribution in [0.2, 0.25) is 0 Å². The number of amides is 1. The molecule has 0 aromatic heterocycles. The third kappa shape index (κ3) is 2.82. The van der Waals surface area contributed by atoms with Crippen molar-refractivity contribution in [3.8, 4) is 0 Å². The second kappa shape index (κ2) is 5.27. The molecule has 1 amide bonds. The van der Waals surface area contributed by atoms with Gasteiger partial charge in [0, 0.05) is 5.92 Å². The average molecular weight is 248 g/mol. The summed E-state index contributed by atoms with van der Waals surface area (Å²) < 4.78 is 0. The van der Waals surface area contributed by atoms with Crippen molar-refractivity contribution in [1.82, 2.24) is 5.32 Å². The van der Waals surface area contributed by atoms with Crippen LogP contribution < -0.4 is 11.1 Å². The molecule has 1 aliphatic carbocycles. The summed E-state index contributed by atoms with van der Waals surface area (Å²) in [4.78, 5) is 12.2. The highest BCUT2D eigenvalue weighted by Crippen LogP contribution is 2.27. The molecule has 2 rings (SSSR count). The van der Waals surface area contributed by atoms with E-state index in [1.165, 1.54) is 0 Å². The Balaban J connectivity index is 2.07. The fraction of sp³-hybridized carbons (Fsp3) is 0.385. The highest BCUT2D eigenvalue weighted by molar-refractivity contribution is 7.80. The molecular formula is C13H16N2OS. The number of benzene rings is 1. The Bertz CT molecular complexity index is 415. The Morgan fingerprint density at radius 3 is 2.47 bits per heavy atom. The van der Waals surface area contributed by atoms with E-state index in [0.717, 1.165) is 24.8 Å². The van der Waals surface area contributed by atoms with Crippen LogP contribution in [0.3, 0.4) is 0 Å². The van der Waals surface area contributed by atoms with Gasteiger partial charge >= 0.3 is 0 Å². The predicted octanol–water partition coefficient (Wildman–Crippen LogP) is 1.93. The van der Waals surface area contributed by atoms with Crippen LogP contribution in [0.1, 0.15) is 30.9 Å². The van der Waals surface area contributed by atoms with Gasteiger partial charge in [-0.3, -0.25) is 4.79 Å². The van der Waals surface area contributed by atoms with Gasteiger partial charge in [-0.2, -0.15) is 0 Å². The normalized spacial score (nSPS) is 16.9. The molecule has 1 fully saturated rings. The van der Waals surface area contributed by atoms with Gasteiger partial charge in [-0.25, -0.2) is 0 Å². The number of carbonyl (C=O) groups excluding carboxylic acids is 1. The summed E-state index contributed by atoms with van der Waals surface area (Å²) in [5, 5.41) is 2.93. The van der Waals surface area contributed by atoms with Crippen molar-refractivity contribution in [2.24, 2.45) is 11.7 Å². The minimum absolute atomic E-state index is 0.0675. The van der Waals surface area contributed by atoms with Crippen LogP contribution in [-0.4, -0.2) is 10.9 Å². The number of thiocarbonyl (C=S) groups is 1. The Labute approximate surface area is 106 Å². The van der Waals surface area contributed by atoms with Gasteiger partial charge in [0.2, 0.25) is 5.91 Å². The van der Waals surface area contributed by atoms with Crippen molar-refractivity contribution >= 4 is 23.1 Å². The molecule has 0 heterocycles. The summed E-state index contributed by atoms with van der Waals surface area (Å²) in [7, 11) is 0. The number of hydrogen-bond acceptors (Lipinski definition) is 2. The lowest BCUT2D eigenvalue weighted by molar-refractivity contribution is -0.127. The highest BCUT2D eigenvalue weighted by atomic mass is 32.1. The molecule has 0 aliphatic heterocycles. The lowest BCUT2D eigenvalue weighted by Crippen LogP contribution is -2.41. The van der Waals surface area contributed by atoms with Crippen LogP contribution in [0.25, 0.3) is 0 Å². The van der Waals surface area contributed by atoms with Gasteiger partial charge in [0.25, 0.3) is 0 Å². The van der Waals surface area contributed by atoms with E-state index in [9.17, 15) is 4.79 Å². The Hall–Kier alpha value is -1.42. The highest BCUT2D eigenvalue weighted by Gasteiger charge is 2.28. The molecule has 90 valence electrons. The monoisotopic (exact) mass is 248 g/mol. The van der Waals surface area contributed by atoms with Crippen LogP contribution in [0.4, 0.5) is 0 Å². The van der Waals surface area contributed by atoms with Crippen LogP contribution in [-0.2, 0) is 4.79 Å². The first-order chi connectivity index (χ1) is 8.18. The van der Waals surface area contributed by atoms with E-state index in [-0.39, 0.29) is 17.9 Å². The second-order valence-corrected chi connectivity index (χ2v) is 4.85. The molecule has 1 atom stereocenters. The van der Waals surface area contributed by atoms with Crippen LogP contribution in [0.15, 0.2) is 30.3 Å². The lowest BCUT2D eigenvalue weighted by atomic mass is 9.84. The van der Waals surface area contributed by atoms with E-state index in [4.69, 9.17) is 18.0 Å². The van der Waals surface area contributed by atoms with Crippen LogP contribution >= 0.6 is 12.2 Å². The lowest BCUT2D eigenvalue weighted by Gasteiger charge is -2.27. The molecule has 1 aromatic carbocycles.